The summed E-state index contributed by atoms with van der Waals surface area (Å²) in [6, 6.07) is 0. The van der Waals surface area contributed by atoms with E-state index in [9.17, 15) is 4.79 Å². The van der Waals surface area contributed by atoms with Crippen LogP contribution < -0.4 is 17.0 Å². The monoisotopic (exact) mass is 226 g/mol. The summed E-state index contributed by atoms with van der Waals surface area (Å²) in [7, 11) is 0.243. The van der Waals surface area contributed by atoms with E-state index < -0.39 is 5.97 Å². The van der Waals surface area contributed by atoms with Crippen LogP contribution in [-0.4, -0.2) is 28.3 Å². The SMILES string of the molecule is O=C(O)C[S+]1CCCC1.[Br-]. The second-order valence-electron chi connectivity index (χ2n) is 2.27. The number of carbonyl (C=O) groups is 1. The lowest BCUT2D eigenvalue weighted by Gasteiger charge is -1.92. The molecule has 60 valence electrons. The Bertz CT molecular complexity index is 112. The van der Waals surface area contributed by atoms with Gasteiger partial charge in [-0.2, -0.15) is 0 Å². The average molecular weight is 227 g/mol. The van der Waals surface area contributed by atoms with Gasteiger partial charge in [0.05, 0.1) is 0 Å². The Hall–Kier alpha value is 0.300. The fraction of sp³-hybridized carbons (Fsp3) is 0.833. The zero-order valence-corrected chi connectivity index (χ0v) is 8.08. The van der Waals surface area contributed by atoms with E-state index in [4.69, 9.17) is 5.11 Å². The Labute approximate surface area is 74.1 Å². The molecular weight excluding hydrogens is 216 g/mol. The second-order valence-corrected chi connectivity index (χ2v) is 4.60. The molecule has 0 spiro atoms. The predicted octanol–water partition coefficient (Wildman–Crippen LogP) is -2.51. The Balaban J connectivity index is 0.000000810. The van der Waals surface area contributed by atoms with E-state index in [0.717, 1.165) is 11.5 Å². The number of halogens is 1. The third kappa shape index (κ3) is 3.46. The molecule has 0 aromatic rings. The molecule has 0 amide bonds. The van der Waals surface area contributed by atoms with Gasteiger partial charge < -0.3 is 22.1 Å². The first kappa shape index (κ1) is 10.3. The Morgan fingerprint density at radius 2 is 1.90 bits per heavy atom. The van der Waals surface area contributed by atoms with E-state index >= 15 is 0 Å². The first-order valence-electron chi connectivity index (χ1n) is 3.15. The van der Waals surface area contributed by atoms with Crippen LogP contribution in [0.15, 0.2) is 0 Å². The van der Waals surface area contributed by atoms with Crippen LogP contribution in [0.3, 0.4) is 0 Å². The first-order valence-corrected chi connectivity index (χ1v) is 4.88. The zero-order valence-electron chi connectivity index (χ0n) is 5.68. The lowest BCUT2D eigenvalue weighted by Crippen LogP contribution is -3.00. The minimum Gasteiger partial charge on any atom is -1.00 e. The van der Waals surface area contributed by atoms with Gasteiger partial charge in [0.2, 0.25) is 5.75 Å². The van der Waals surface area contributed by atoms with Crippen molar-refractivity contribution in [3.8, 4) is 0 Å². The highest BCUT2D eigenvalue weighted by Gasteiger charge is 2.26. The highest BCUT2D eigenvalue weighted by atomic mass is 79.9. The van der Waals surface area contributed by atoms with Gasteiger partial charge >= 0.3 is 5.97 Å². The van der Waals surface area contributed by atoms with E-state index in [1.807, 2.05) is 0 Å². The molecule has 1 fully saturated rings. The van der Waals surface area contributed by atoms with Crippen LogP contribution in [0.1, 0.15) is 12.8 Å². The van der Waals surface area contributed by atoms with Crippen LogP contribution in [-0.2, 0) is 15.7 Å². The third-order valence-electron chi connectivity index (χ3n) is 1.44. The normalized spacial score (nSPS) is 18.4. The highest BCUT2D eigenvalue weighted by molar-refractivity contribution is 7.97. The van der Waals surface area contributed by atoms with Gasteiger partial charge in [0.15, 0.2) is 0 Å². The highest BCUT2D eigenvalue weighted by Crippen LogP contribution is 2.12. The summed E-state index contributed by atoms with van der Waals surface area (Å²) in [6.07, 6.45) is 2.49. The minimum absolute atomic E-state index is 0. The summed E-state index contributed by atoms with van der Waals surface area (Å²) < 4.78 is 0. The number of carboxylic acid groups (broad SMARTS) is 1. The lowest BCUT2D eigenvalue weighted by atomic mass is 10.4. The van der Waals surface area contributed by atoms with Crippen LogP contribution in [0.4, 0.5) is 0 Å². The molecule has 0 aromatic heterocycles. The molecule has 0 atom stereocenters. The van der Waals surface area contributed by atoms with Crippen molar-refractivity contribution in [1.82, 2.24) is 0 Å². The topological polar surface area (TPSA) is 37.3 Å². The quantitative estimate of drug-likeness (QED) is 0.529. The van der Waals surface area contributed by atoms with Crippen molar-refractivity contribution in [1.29, 1.82) is 0 Å². The van der Waals surface area contributed by atoms with Crippen molar-refractivity contribution in [3.63, 3.8) is 0 Å². The standard InChI is InChI=1S/C6H10O2S.BrH/c7-6(8)5-9-3-1-2-4-9;/h1-5H2;1H. The van der Waals surface area contributed by atoms with Crippen molar-refractivity contribution in [2.75, 3.05) is 17.3 Å². The predicted molar refractivity (Wildman–Crippen MR) is 38.8 cm³/mol. The van der Waals surface area contributed by atoms with Crippen molar-refractivity contribution in [2.24, 2.45) is 0 Å². The van der Waals surface area contributed by atoms with Crippen LogP contribution in [0.2, 0.25) is 0 Å². The van der Waals surface area contributed by atoms with Crippen molar-refractivity contribution in [2.45, 2.75) is 12.8 Å². The number of rotatable bonds is 2. The molecular formula is C6H11BrO2S. The molecule has 1 aliphatic heterocycles. The molecule has 1 rings (SSSR count). The first-order chi connectivity index (χ1) is 4.29. The maximum atomic E-state index is 10.2. The van der Waals surface area contributed by atoms with Crippen molar-refractivity contribution in [3.05, 3.63) is 0 Å². The molecule has 1 N–H and O–H groups in total. The minimum atomic E-state index is -0.625. The van der Waals surface area contributed by atoms with Crippen LogP contribution in [0, 0.1) is 0 Å². The van der Waals surface area contributed by atoms with Gasteiger partial charge in [-0.25, -0.2) is 4.79 Å². The zero-order chi connectivity index (χ0) is 6.69. The Morgan fingerprint density at radius 1 is 1.40 bits per heavy atom. The molecule has 0 bridgehead atoms. The van der Waals surface area contributed by atoms with Gasteiger partial charge in [-0.1, -0.05) is 0 Å². The number of hydrogen-bond acceptors (Lipinski definition) is 1. The van der Waals surface area contributed by atoms with Gasteiger partial charge in [-0.05, 0) is 23.7 Å². The lowest BCUT2D eigenvalue weighted by molar-refractivity contribution is -0.133. The fourth-order valence-electron chi connectivity index (χ4n) is 1.03. The Morgan fingerprint density at radius 3 is 2.30 bits per heavy atom. The third-order valence-corrected chi connectivity index (χ3v) is 3.83. The van der Waals surface area contributed by atoms with E-state index in [1.54, 1.807) is 0 Å². The van der Waals surface area contributed by atoms with Crippen LogP contribution >= 0.6 is 0 Å². The van der Waals surface area contributed by atoms with Crippen LogP contribution in [0.25, 0.3) is 0 Å². The van der Waals surface area contributed by atoms with Crippen molar-refractivity contribution >= 4 is 16.9 Å². The molecule has 0 aromatic carbocycles. The van der Waals surface area contributed by atoms with E-state index in [-0.39, 0.29) is 27.9 Å². The van der Waals surface area contributed by atoms with E-state index in [0.29, 0.717) is 5.75 Å². The van der Waals surface area contributed by atoms with Crippen molar-refractivity contribution < 1.29 is 26.9 Å². The second kappa shape index (κ2) is 5.02. The summed E-state index contributed by atoms with van der Waals surface area (Å²) >= 11 is 0. The summed E-state index contributed by atoms with van der Waals surface area (Å²) in [4.78, 5) is 10.2. The number of carboxylic acids is 1. The number of aliphatic carboxylic acids is 1. The maximum absolute atomic E-state index is 10.2. The molecule has 4 heteroatoms. The Kier molecular flexibility index (Phi) is 5.17. The molecule has 10 heavy (non-hydrogen) atoms. The van der Waals surface area contributed by atoms with Gasteiger partial charge in [0.25, 0.3) is 0 Å². The molecule has 0 unspecified atom stereocenters. The molecule has 1 saturated heterocycles. The van der Waals surface area contributed by atoms with E-state index in [2.05, 4.69) is 0 Å². The average Bonchev–Trinajstić information content (AvgIpc) is 2.15. The summed E-state index contributed by atoms with van der Waals surface area (Å²) in [6.45, 7) is 0. The smallest absolute Gasteiger partial charge is 0.353 e. The van der Waals surface area contributed by atoms with Gasteiger partial charge in [-0.15, -0.1) is 0 Å². The molecule has 0 saturated carbocycles. The largest absolute Gasteiger partial charge is 1.00 e. The molecule has 1 aliphatic rings. The summed E-state index contributed by atoms with van der Waals surface area (Å²) in [5.41, 5.74) is 0. The molecule has 1 heterocycles. The maximum Gasteiger partial charge on any atom is 0.353 e. The summed E-state index contributed by atoms with van der Waals surface area (Å²) in [5, 5.41) is 8.38. The van der Waals surface area contributed by atoms with E-state index in [1.165, 1.54) is 12.8 Å². The van der Waals surface area contributed by atoms with Gasteiger partial charge in [0, 0.05) is 0 Å². The van der Waals surface area contributed by atoms with Gasteiger partial charge in [0.1, 0.15) is 11.5 Å². The fourth-order valence-corrected chi connectivity index (χ4v) is 3.10. The van der Waals surface area contributed by atoms with Gasteiger partial charge in [-0.3, -0.25) is 0 Å². The molecule has 0 radical (unpaired) electrons. The number of hydrogen-bond donors (Lipinski definition) is 1. The molecule has 0 aliphatic carbocycles. The van der Waals surface area contributed by atoms with Crippen LogP contribution in [0.5, 0.6) is 0 Å². The molecule has 2 nitrogen and oxygen atoms in total. The summed E-state index contributed by atoms with van der Waals surface area (Å²) in [5.74, 6) is 2.11.